The second-order valence-corrected chi connectivity index (χ2v) is 6.93. The van der Waals surface area contributed by atoms with Gasteiger partial charge in [-0.1, -0.05) is 60.7 Å². The van der Waals surface area contributed by atoms with Crippen LogP contribution in [0.3, 0.4) is 0 Å². The van der Waals surface area contributed by atoms with Crippen LogP contribution in [0.1, 0.15) is 29.0 Å². The van der Waals surface area contributed by atoms with Crippen molar-refractivity contribution in [1.29, 1.82) is 0 Å². The summed E-state index contributed by atoms with van der Waals surface area (Å²) < 4.78 is 0. The Kier molecular flexibility index (Phi) is 5.21. The van der Waals surface area contributed by atoms with E-state index in [0.717, 1.165) is 18.5 Å². The highest BCUT2D eigenvalue weighted by atomic mass is 16.1. The second-order valence-electron chi connectivity index (χ2n) is 6.93. The number of aromatic amines is 2. The number of nitrogen functional groups attached to an aromatic ring is 1. The van der Waals surface area contributed by atoms with E-state index in [1.54, 1.807) is 0 Å². The van der Waals surface area contributed by atoms with Gasteiger partial charge < -0.3 is 16.0 Å². The molecule has 0 fully saturated rings. The van der Waals surface area contributed by atoms with Crippen LogP contribution < -0.4 is 16.6 Å². The van der Waals surface area contributed by atoms with Crippen molar-refractivity contribution in [2.24, 2.45) is 0 Å². The molecule has 0 radical (unpaired) electrons. The Morgan fingerprint density at radius 2 is 1.64 bits per heavy atom. The molecule has 2 aromatic heterocycles. The number of anilines is 1. The highest BCUT2D eigenvalue weighted by molar-refractivity contribution is 5.79. The summed E-state index contributed by atoms with van der Waals surface area (Å²) in [7, 11) is 0. The number of hydrogen-bond acceptors (Lipinski definition) is 3. The molecule has 6 heteroatoms. The SMILES string of the molecule is Nc1nc2[nH]cc(C[NH2+]CCC(c3ccccc3)c3ccccc3)c2c(=O)[nH]1. The third-order valence-electron chi connectivity index (χ3n) is 5.07. The largest absolute Gasteiger partial charge is 0.369 e. The van der Waals surface area contributed by atoms with Crippen molar-refractivity contribution in [2.45, 2.75) is 18.9 Å². The molecule has 0 aliphatic carbocycles. The quantitative estimate of drug-likeness (QED) is 0.372. The molecule has 4 rings (SSSR count). The van der Waals surface area contributed by atoms with Crippen LogP contribution in [-0.4, -0.2) is 21.5 Å². The van der Waals surface area contributed by atoms with E-state index in [1.807, 2.05) is 18.3 Å². The van der Waals surface area contributed by atoms with Gasteiger partial charge in [-0.3, -0.25) is 9.78 Å². The predicted molar refractivity (Wildman–Crippen MR) is 111 cm³/mol. The van der Waals surface area contributed by atoms with Gasteiger partial charge in [0, 0.05) is 24.1 Å². The minimum atomic E-state index is -0.196. The number of benzene rings is 2. The highest BCUT2D eigenvalue weighted by Gasteiger charge is 2.15. The molecular formula is C22H24N5O+. The van der Waals surface area contributed by atoms with E-state index in [-0.39, 0.29) is 11.5 Å². The standard InChI is InChI=1S/C22H23N5O/c23-22-26-20-19(21(28)27-22)17(14-25-20)13-24-12-11-18(15-7-3-1-4-8-15)16-9-5-2-6-10-16/h1-10,14,18,24H,11-13H2,(H4,23,25,26,27,28)/p+1. The third kappa shape index (κ3) is 3.82. The first-order valence-corrected chi connectivity index (χ1v) is 9.49. The van der Waals surface area contributed by atoms with Crippen molar-refractivity contribution in [2.75, 3.05) is 12.3 Å². The van der Waals surface area contributed by atoms with Gasteiger partial charge in [0.2, 0.25) is 5.95 Å². The number of hydrogen-bond donors (Lipinski definition) is 4. The van der Waals surface area contributed by atoms with Gasteiger partial charge in [0.15, 0.2) is 0 Å². The zero-order valence-corrected chi connectivity index (χ0v) is 15.6. The number of nitrogens with two attached hydrogens (primary N) is 2. The minimum Gasteiger partial charge on any atom is -0.369 e. The topological polar surface area (TPSA) is 104 Å². The van der Waals surface area contributed by atoms with Crippen molar-refractivity contribution in [1.82, 2.24) is 15.0 Å². The fourth-order valence-corrected chi connectivity index (χ4v) is 3.72. The van der Waals surface area contributed by atoms with Gasteiger partial charge in [-0.05, 0) is 11.1 Å². The Labute approximate surface area is 162 Å². The number of quaternary nitrogens is 1. The number of nitrogens with zero attached hydrogens (tertiary/aromatic N) is 1. The van der Waals surface area contributed by atoms with Crippen molar-refractivity contribution < 1.29 is 5.32 Å². The van der Waals surface area contributed by atoms with E-state index in [4.69, 9.17) is 5.73 Å². The molecule has 142 valence electrons. The Morgan fingerprint density at radius 1 is 1.00 bits per heavy atom. The lowest BCUT2D eigenvalue weighted by Gasteiger charge is -2.17. The molecule has 2 heterocycles. The summed E-state index contributed by atoms with van der Waals surface area (Å²) in [5.41, 5.74) is 9.54. The fourth-order valence-electron chi connectivity index (χ4n) is 3.72. The molecule has 0 atom stereocenters. The summed E-state index contributed by atoms with van der Waals surface area (Å²) in [4.78, 5) is 21.9. The molecule has 0 aliphatic heterocycles. The number of rotatable bonds is 7. The molecule has 0 saturated carbocycles. The lowest BCUT2D eigenvalue weighted by atomic mass is 9.88. The molecule has 0 spiro atoms. The van der Waals surface area contributed by atoms with Crippen molar-refractivity contribution in [3.05, 3.63) is 93.9 Å². The van der Waals surface area contributed by atoms with Gasteiger partial charge in [-0.2, -0.15) is 4.98 Å². The maximum Gasteiger partial charge on any atom is 0.262 e. The first-order valence-electron chi connectivity index (χ1n) is 9.49. The summed E-state index contributed by atoms with van der Waals surface area (Å²) in [6.45, 7) is 1.66. The molecule has 28 heavy (non-hydrogen) atoms. The van der Waals surface area contributed by atoms with Gasteiger partial charge in [0.1, 0.15) is 12.2 Å². The Hall–Kier alpha value is -3.38. The van der Waals surface area contributed by atoms with Crippen LogP contribution in [0, 0.1) is 0 Å². The first-order chi connectivity index (χ1) is 13.7. The first kappa shape index (κ1) is 18.0. The van der Waals surface area contributed by atoms with Gasteiger partial charge in [-0.25, -0.2) is 0 Å². The van der Waals surface area contributed by atoms with Crippen LogP contribution in [0.25, 0.3) is 11.0 Å². The number of nitrogens with one attached hydrogen (secondary N) is 2. The molecule has 2 aromatic carbocycles. The molecule has 0 unspecified atom stereocenters. The summed E-state index contributed by atoms with van der Waals surface area (Å²) in [6.07, 6.45) is 2.85. The van der Waals surface area contributed by atoms with E-state index >= 15 is 0 Å². The Morgan fingerprint density at radius 3 is 2.29 bits per heavy atom. The zero-order chi connectivity index (χ0) is 19.3. The second kappa shape index (κ2) is 8.10. The molecular weight excluding hydrogens is 350 g/mol. The Bertz CT molecular complexity index is 1060. The average Bonchev–Trinajstić information content (AvgIpc) is 3.12. The van der Waals surface area contributed by atoms with Crippen molar-refractivity contribution >= 4 is 17.0 Å². The van der Waals surface area contributed by atoms with Crippen LogP contribution in [0.4, 0.5) is 5.95 Å². The predicted octanol–water partition coefficient (Wildman–Crippen LogP) is 2.12. The number of H-pyrrole nitrogens is 2. The summed E-state index contributed by atoms with van der Waals surface area (Å²) in [5.74, 6) is 0.481. The summed E-state index contributed by atoms with van der Waals surface area (Å²) in [5, 5.41) is 2.82. The Balaban J connectivity index is 1.45. The molecule has 6 N–H and O–H groups in total. The van der Waals surface area contributed by atoms with Crippen molar-refractivity contribution in [3.8, 4) is 0 Å². The molecule has 0 saturated heterocycles. The maximum absolute atomic E-state index is 12.2. The van der Waals surface area contributed by atoms with Gasteiger partial charge in [0.25, 0.3) is 5.56 Å². The van der Waals surface area contributed by atoms with Gasteiger partial charge in [0.05, 0.1) is 11.9 Å². The van der Waals surface area contributed by atoms with Crippen LogP contribution in [0.15, 0.2) is 71.7 Å². The zero-order valence-electron chi connectivity index (χ0n) is 15.6. The molecule has 6 nitrogen and oxygen atoms in total. The van der Waals surface area contributed by atoms with Crippen molar-refractivity contribution in [3.63, 3.8) is 0 Å². The number of aromatic nitrogens is 3. The monoisotopic (exact) mass is 374 g/mol. The molecule has 0 bridgehead atoms. The van der Waals surface area contributed by atoms with E-state index in [1.165, 1.54) is 11.1 Å². The van der Waals surface area contributed by atoms with E-state index in [0.29, 0.717) is 23.5 Å². The minimum absolute atomic E-state index is 0.128. The van der Waals surface area contributed by atoms with Gasteiger partial charge >= 0.3 is 0 Å². The molecule has 0 amide bonds. The summed E-state index contributed by atoms with van der Waals surface area (Å²) >= 11 is 0. The van der Waals surface area contributed by atoms with Gasteiger partial charge in [-0.15, -0.1) is 0 Å². The lowest BCUT2D eigenvalue weighted by molar-refractivity contribution is -0.670. The highest BCUT2D eigenvalue weighted by Crippen LogP contribution is 2.27. The van der Waals surface area contributed by atoms with E-state index in [2.05, 4.69) is 68.8 Å². The molecule has 4 aromatic rings. The number of fused-ring (bicyclic) bond motifs is 1. The molecule has 0 aliphatic rings. The van der Waals surface area contributed by atoms with Crippen LogP contribution in [-0.2, 0) is 6.54 Å². The van der Waals surface area contributed by atoms with E-state index < -0.39 is 0 Å². The maximum atomic E-state index is 12.2. The third-order valence-corrected chi connectivity index (χ3v) is 5.07. The lowest BCUT2D eigenvalue weighted by Crippen LogP contribution is -2.82. The smallest absolute Gasteiger partial charge is 0.262 e. The average molecular weight is 374 g/mol. The fraction of sp³-hybridized carbons (Fsp3) is 0.182. The van der Waals surface area contributed by atoms with Crippen LogP contribution >= 0.6 is 0 Å². The van der Waals surface area contributed by atoms with Crippen LogP contribution in [0.2, 0.25) is 0 Å². The van der Waals surface area contributed by atoms with Crippen LogP contribution in [0.5, 0.6) is 0 Å². The summed E-state index contributed by atoms with van der Waals surface area (Å²) in [6, 6.07) is 21.2. The normalized spacial score (nSPS) is 11.3. The van der Waals surface area contributed by atoms with E-state index in [9.17, 15) is 4.79 Å².